The minimum absolute atomic E-state index is 0.0652. The van der Waals surface area contributed by atoms with Gasteiger partial charge in [0.05, 0.1) is 52.1 Å². The normalized spacial score (nSPS) is 10.4. The Morgan fingerprint density at radius 2 is 1.45 bits per heavy atom. The number of carbonyl (C=O) groups is 2. The first kappa shape index (κ1) is 20.5. The van der Waals surface area contributed by atoms with Crippen LogP contribution in [0, 0.1) is 0 Å². The number of hydrogen-bond donors (Lipinski definition) is 2. The highest BCUT2D eigenvalue weighted by Crippen LogP contribution is 2.30. The van der Waals surface area contributed by atoms with Crippen LogP contribution in [0.25, 0.3) is 20.4 Å². The van der Waals surface area contributed by atoms with Crippen LogP contribution in [0.15, 0.2) is 35.3 Å². The molecule has 2 aromatic carbocycles. The molecule has 2 N–H and O–H groups in total. The number of methoxy groups -OCH3 is 2. The maximum Gasteiger partial charge on any atom is 0.341 e. The number of carboxylic acid groups (broad SMARTS) is 2. The monoisotopic (exact) mass is 432 g/mol. The SMILES string of the molecule is COc1ccc2scnc2c1C(=O)O.COc1ccc2scnc2c1CC(=O)O. The molecule has 0 fully saturated rings. The molecule has 0 unspecified atom stereocenters. The van der Waals surface area contributed by atoms with Crippen LogP contribution in [0.1, 0.15) is 15.9 Å². The van der Waals surface area contributed by atoms with Crippen LogP contribution >= 0.6 is 22.7 Å². The second-order valence-corrected chi connectivity index (χ2v) is 7.44. The fourth-order valence-electron chi connectivity index (χ4n) is 2.77. The van der Waals surface area contributed by atoms with Crippen molar-refractivity contribution in [1.82, 2.24) is 9.97 Å². The molecule has 2 aromatic heterocycles. The Bertz CT molecular complexity index is 1180. The summed E-state index contributed by atoms with van der Waals surface area (Å²) in [6.45, 7) is 0. The first-order valence-corrected chi connectivity index (χ1v) is 9.96. The lowest BCUT2D eigenvalue weighted by Gasteiger charge is -2.06. The number of thiazole rings is 2. The third-order valence-corrected chi connectivity index (χ3v) is 5.60. The van der Waals surface area contributed by atoms with Crippen molar-refractivity contribution in [3.8, 4) is 11.5 Å². The molecule has 0 bridgehead atoms. The second kappa shape index (κ2) is 8.84. The first-order chi connectivity index (χ1) is 14.0. The van der Waals surface area contributed by atoms with Crippen molar-refractivity contribution in [3.05, 3.63) is 46.4 Å². The standard InChI is InChI=1S/C10H9NO3S.C9H7NO3S/c1-14-7-2-3-8-10(11-5-15-8)6(7)4-9(12)13;1-13-5-2-3-6-8(10-4-14-6)7(5)9(11)12/h2-3,5H,4H2,1H3,(H,12,13);2-4H,1H3,(H,11,12). The lowest BCUT2D eigenvalue weighted by molar-refractivity contribution is -0.136. The van der Waals surface area contributed by atoms with Gasteiger partial charge in [0.15, 0.2) is 0 Å². The molecule has 150 valence electrons. The Labute approximate surface area is 173 Å². The molecule has 0 aliphatic rings. The highest BCUT2D eigenvalue weighted by molar-refractivity contribution is 7.17. The smallest absolute Gasteiger partial charge is 0.341 e. The summed E-state index contributed by atoms with van der Waals surface area (Å²) in [6, 6.07) is 7.11. The summed E-state index contributed by atoms with van der Waals surface area (Å²) in [7, 11) is 2.97. The summed E-state index contributed by atoms with van der Waals surface area (Å²) in [5.74, 6) is -0.973. The van der Waals surface area contributed by atoms with E-state index in [0.717, 1.165) is 14.9 Å². The van der Waals surface area contributed by atoms with Crippen molar-refractivity contribution < 1.29 is 29.3 Å². The van der Waals surface area contributed by atoms with Gasteiger partial charge in [-0.2, -0.15) is 0 Å². The molecule has 0 spiro atoms. The predicted octanol–water partition coefficient (Wildman–Crippen LogP) is 3.94. The molecule has 8 nitrogen and oxygen atoms in total. The molecule has 0 saturated carbocycles. The largest absolute Gasteiger partial charge is 0.496 e. The van der Waals surface area contributed by atoms with Gasteiger partial charge in [0.1, 0.15) is 17.1 Å². The summed E-state index contributed by atoms with van der Waals surface area (Å²) in [6.07, 6.45) is -0.0652. The maximum absolute atomic E-state index is 11.0. The van der Waals surface area contributed by atoms with Gasteiger partial charge in [-0.25, -0.2) is 14.8 Å². The summed E-state index contributed by atoms with van der Waals surface area (Å²) in [5.41, 5.74) is 5.31. The summed E-state index contributed by atoms with van der Waals surface area (Å²) < 4.78 is 11.9. The zero-order valence-electron chi connectivity index (χ0n) is 15.4. The zero-order chi connectivity index (χ0) is 21.0. The maximum atomic E-state index is 11.0. The molecule has 0 saturated heterocycles. The van der Waals surface area contributed by atoms with Crippen molar-refractivity contribution in [1.29, 1.82) is 0 Å². The zero-order valence-corrected chi connectivity index (χ0v) is 17.0. The average Bonchev–Trinajstić information content (AvgIpc) is 3.36. The topological polar surface area (TPSA) is 119 Å². The lowest BCUT2D eigenvalue weighted by atomic mass is 10.1. The Morgan fingerprint density at radius 1 is 0.897 bits per heavy atom. The van der Waals surface area contributed by atoms with Crippen molar-refractivity contribution in [2.45, 2.75) is 6.42 Å². The van der Waals surface area contributed by atoms with Crippen LogP contribution in [0.5, 0.6) is 11.5 Å². The third-order valence-electron chi connectivity index (χ3n) is 4.01. The van der Waals surface area contributed by atoms with Crippen LogP contribution in [-0.2, 0) is 11.2 Å². The van der Waals surface area contributed by atoms with Crippen molar-refractivity contribution in [2.75, 3.05) is 14.2 Å². The minimum atomic E-state index is -1.02. The number of ether oxygens (including phenoxy) is 2. The van der Waals surface area contributed by atoms with Gasteiger partial charge in [-0.1, -0.05) is 0 Å². The number of carboxylic acids is 2. The number of fused-ring (bicyclic) bond motifs is 2. The second-order valence-electron chi connectivity index (χ2n) is 5.66. The van der Waals surface area contributed by atoms with Gasteiger partial charge in [-0.05, 0) is 24.3 Å². The van der Waals surface area contributed by atoms with Crippen LogP contribution in [0.2, 0.25) is 0 Å². The van der Waals surface area contributed by atoms with E-state index < -0.39 is 11.9 Å². The third kappa shape index (κ3) is 4.28. The van der Waals surface area contributed by atoms with Crippen molar-refractivity contribution in [2.24, 2.45) is 0 Å². The number of aromatic carboxylic acids is 1. The fourth-order valence-corrected chi connectivity index (χ4v) is 4.16. The van der Waals surface area contributed by atoms with Crippen LogP contribution in [0.4, 0.5) is 0 Å². The average molecular weight is 432 g/mol. The van der Waals surface area contributed by atoms with Crippen molar-refractivity contribution in [3.63, 3.8) is 0 Å². The quantitative estimate of drug-likeness (QED) is 0.487. The summed E-state index contributed by atoms with van der Waals surface area (Å²) >= 11 is 2.90. The molecule has 0 aliphatic heterocycles. The molecule has 2 heterocycles. The molecule has 4 aromatic rings. The molecule has 4 rings (SSSR count). The lowest BCUT2D eigenvalue weighted by Crippen LogP contribution is -2.03. The Balaban J connectivity index is 0.000000166. The molecule has 0 atom stereocenters. The Kier molecular flexibility index (Phi) is 6.25. The number of nitrogens with zero attached hydrogens (tertiary/aromatic N) is 2. The fraction of sp³-hybridized carbons (Fsp3) is 0.158. The van der Waals surface area contributed by atoms with E-state index in [1.54, 1.807) is 29.2 Å². The van der Waals surface area contributed by atoms with Gasteiger partial charge in [-0.3, -0.25) is 4.79 Å². The van der Waals surface area contributed by atoms with E-state index in [0.29, 0.717) is 22.6 Å². The molecular formula is C19H16N2O6S2. The van der Waals surface area contributed by atoms with E-state index in [9.17, 15) is 9.59 Å². The van der Waals surface area contributed by atoms with E-state index in [1.807, 2.05) is 6.07 Å². The van der Waals surface area contributed by atoms with Crippen LogP contribution in [0.3, 0.4) is 0 Å². The molecule has 10 heteroatoms. The first-order valence-electron chi connectivity index (χ1n) is 8.20. The highest BCUT2D eigenvalue weighted by Gasteiger charge is 2.17. The molecule has 0 radical (unpaired) electrons. The van der Waals surface area contributed by atoms with E-state index >= 15 is 0 Å². The van der Waals surface area contributed by atoms with Crippen LogP contribution < -0.4 is 9.47 Å². The predicted molar refractivity (Wildman–Crippen MR) is 111 cm³/mol. The minimum Gasteiger partial charge on any atom is -0.496 e. The Hall–Kier alpha value is -3.24. The van der Waals surface area contributed by atoms with E-state index in [1.165, 1.54) is 36.9 Å². The van der Waals surface area contributed by atoms with Gasteiger partial charge in [0.2, 0.25) is 0 Å². The Morgan fingerprint density at radius 3 is 2.00 bits per heavy atom. The number of benzene rings is 2. The van der Waals surface area contributed by atoms with Gasteiger partial charge in [-0.15, -0.1) is 22.7 Å². The molecule has 0 aliphatic carbocycles. The van der Waals surface area contributed by atoms with E-state index in [4.69, 9.17) is 19.7 Å². The number of hydrogen-bond acceptors (Lipinski definition) is 8. The van der Waals surface area contributed by atoms with Gasteiger partial charge >= 0.3 is 11.9 Å². The van der Waals surface area contributed by atoms with E-state index in [2.05, 4.69) is 9.97 Å². The van der Waals surface area contributed by atoms with Crippen molar-refractivity contribution >= 4 is 55.0 Å². The summed E-state index contributed by atoms with van der Waals surface area (Å²) in [5, 5.41) is 17.8. The number of aliphatic carboxylic acids is 1. The van der Waals surface area contributed by atoms with E-state index in [-0.39, 0.29) is 12.0 Å². The van der Waals surface area contributed by atoms with Gasteiger partial charge in [0.25, 0.3) is 0 Å². The van der Waals surface area contributed by atoms with Crippen LogP contribution in [-0.4, -0.2) is 46.3 Å². The van der Waals surface area contributed by atoms with Gasteiger partial charge < -0.3 is 19.7 Å². The number of rotatable bonds is 5. The molecular weight excluding hydrogens is 416 g/mol. The molecule has 0 amide bonds. The summed E-state index contributed by atoms with van der Waals surface area (Å²) in [4.78, 5) is 29.9. The highest BCUT2D eigenvalue weighted by atomic mass is 32.1. The molecule has 29 heavy (non-hydrogen) atoms. The van der Waals surface area contributed by atoms with Gasteiger partial charge in [0, 0.05) is 5.56 Å². The number of aromatic nitrogens is 2.